The summed E-state index contributed by atoms with van der Waals surface area (Å²) in [5, 5.41) is 0. The van der Waals surface area contributed by atoms with Crippen molar-refractivity contribution in [1.29, 1.82) is 0 Å². The second-order valence-corrected chi connectivity index (χ2v) is 7.83. The van der Waals surface area contributed by atoms with Crippen LogP contribution in [0.4, 0.5) is 0 Å². The van der Waals surface area contributed by atoms with Crippen molar-refractivity contribution in [2.45, 2.75) is 18.9 Å². The van der Waals surface area contributed by atoms with Crippen molar-refractivity contribution in [3.63, 3.8) is 0 Å². The maximum atomic E-state index is 5.48. The molecule has 0 aromatic rings. The van der Waals surface area contributed by atoms with Crippen molar-refractivity contribution in [3.8, 4) is 0 Å². The lowest BCUT2D eigenvalue weighted by Crippen LogP contribution is -2.47. The summed E-state index contributed by atoms with van der Waals surface area (Å²) in [4.78, 5) is 4.43. The van der Waals surface area contributed by atoms with E-state index in [2.05, 4.69) is 36.2 Å². The SMILES string of the molecule is CO[Si](OC)(OC)C(C)CCN1C=CN(C)C1. The van der Waals surface area contributed by atoms with Crippen LogP contribution in [0, 0.1) is 0 Å². The van der Waals surface area contributed by atoms with Crippen LogP contribution < -0.4 is 0 Å². The summed E-state index contributed by atoms with van der Waals surface area (Å²) >= 11 is 0. The van der Waals surface area contributed by atoms with Gasteiger partial charge in [0.05, 0.1) is 6.67 Å². The molecule has 1 aliphatic rings. The number of hydrogen-bond donors (Lipinski definition) is 0. The molecular weight excluding hydrogens is 236 g/mol. The highest BCUT2D eigenvalue weighted by molar-refractivity contribution is 6.62. The lowest BCUT2D eigenvalue weighted by molar-refractivity contribution is 0.110. The minimum atomic E-state index is -2.47. The van der Waals surface area contributed by atoms with Crippen LogP contribution in [-0.2, 0) is 13.3 Å². The summed E-state index contributed by atoms with van der Waals surface area (Å²) in [6, 6.07) is 0. The van der Waals surface area contributed by atoms with Gasteiger partial charge < -0.3 is 23.1 Å². The normalized spacial score (nSPS) is 17.9. The molecule has 1 rings (SSSR count). The Labute approximate surface area is 105 Å². The van der Waals surface area contributed by atoms with Gasteiger partial charge in [0.1, 0.15) is 0 Å². The minimum absolute atomic E-state index is 0.293. The summed E-state index contributed by atoms with van der Waals surface area (Å²) in [6.07, 6.45) is 5.20. The van der Waals surface area contributed by atoms with Crippen molar-refractivity contribution in [2.75, 3.05) is 41.6 Å². The molecule has 0 aromatic heterocycles. The maximum absolute atomic E-state index is 5.48. The molecule has 1 heterocycles. The highest BCUT2D eigenvalue weighted by Gasteiger charge is 2.44. The Morgan fingerprint density at radius 2 is 1.76 bits per heavy atom. The van der Waals surface area contributed by atoms with Crippen LogP contribution in [0.2, 0.25) is 5.54 Å². The molecule has 0 amide bonds. The van der Waals surface area contributed by atoms with E-state index in [0.717, 1.165) is 19.6 Å². The Bertz CT molecular complexity index is 251. The highest BCUT2D eigenvalue weighted by atomic mass is 28.4. The fourth-order valence-electron chi connectivity index (χ4n) is 2.12. The van der Waals surface area contributed by atoms with Crippen molar-refractivity contribution < 1.29 is 13.3 Å². The molecule has 0 N–H and O–H groups in total. The van der Waals surface area contributed by atoms with Gasteiger partial charge in [-0.05, 0) is 6.42 Å². The fourth-order valence-corrected chi connectivity index (χ4v) is 4.31. The average molecular weight is 260 g/mol. The zero-order valence-corrected chi connectivity index (χ0v) is 12.5. The third-order valence-electron chi connectivity index (χ3n) is 3.24. The van der Waals surface area contributed by atoms with E-state index >= 15 is 0 Å². The van der Waals surface area contributed by atoms with Crippen LogP contribution in [0.5, 0.6) is 0 Å². The Balaban J connectivity index is 2.42. The molecule has 0 spiro atoms. The van der Waals surface area contributed by atoms with Gasteiger partial charge in [-0.2, -0.15) is 0 Å². The van der Waals surface area contributed by atoms with E-state index in [9.17, 15) is 0 Å². The van der Waals surface area contributed by atoms with Gasteiger partial charge in [0.25, 0.3) is 0 Å². The first-order valence-corrected chi connectivity index (χ1v) is 7.66. The van der Waals surface area contributed by atoms with Crippen LogP contribution in [-0.4, -0.2) is 60.2 Å². The average Bonchev–Trinajstić information content (AvgIpc) is 2.75. The van der Waals surface area contributed by atoms with Crippen LogP contribution in [0.25, 0.3) is 0 Å². The molecule has 100 valence electrons. The second-order valence-electron chi connectivity index (χ2n) is 4.41. The first kappa shape index (κ1) is 14.5. The molecule has 5 nitrogen and oxygen atoms in total. The molecular formula is C11H24N2O3Si. The van der Waals surface area contributed by atoms with Crippen molar-refractivity contribution in [3.05, 3.63) is 12.4 Å². The van der Waals surface area contributed by atoms with Gasteiger partial charge >= 0.3 is 8.80 Å². The van der Waals surface area contributed by atoms with E-state index in [1.807, 2.05) is 0 Å². The predicted molar refractivity (Wildman–Crippen MR) is 69.3 cm³/mol. The van der Waals surface area contributed by atoms with Crippen molar-refractivity contribution >= 4 is 8.80 Å². The summed E-state index contributed by atoms with van der Waals surface area (Å²) < 4.78 is 16.4. The van der Waals surface area contributed by atoms with E-state index < -0.39 is 8.80 Å². The van der Waals surface area contributed by atoms with E-state index in [4.69, 9.17) is 13.3 Å². The van der Waals surface area contributed by atoms with Crippen molar-refractivity contribution in [1.82, 2.24) is 9.80 Å². The van der Waals surface area contributed by atoms with E-state index in [1.165, 1.54) is 0 Å². The molecule has 1 unspecified atom stereocenters. The summed E-state index contributed by atoms with van der Waals surface area (Å²) in [7, 11) is 4.59. The minimum Gasteiger partial charge on any atom is -0.377 e. The van der Waals surface area contributed by atoms with Gasteiger partial charge in [-0.15, -0.1) is 0 Å². The Morgan fingerprint density at radius 3 is 2.18 bits per heavy atom. The monoisotopic (exact) mass is 260 g/mol. The lowest BCUT2D eigenvalue weighted by atomic mass is 10.3. The maximum Gasteiger partial charge on any atom is 0.503 e. The van der Waals surface area contributed by atoms with Gasteiger partial charge in [0.15, 0.2) is 0 Å². The van der Waals surface area contributed by atoms with E-state index in [1.54, 1.807) is 21.3 Å². The van der Waals surface area contributed by atoms with Crippen LogP contribution in [0.1, 0.15) is 13.3 Å². The van der Waals surface area contributed by atoms with Gasteiger partial charge in [-0.3, -0.25) is 0 Å². The van der Waals surface area contributed by atoms with Crippen LogP contribution >= 0.6 is 0 Å². The van der Waals surface area contributed by atoms with E-state index in [0.29, 0.717) is 5.54 Å². The van der Waals surface area contributed by atoms with Crippen LogP contribution in [0.3, 0.4) is 0 Å². The number of nitrogens with zero attached hydrogens (tertiary/aromatic N) is 2. The number of hydrogen-bond acceptors (Lipinski definition) is 5. The summed E-state index contributed by atoms with van der Waals surface area (Å²) in [5.41, 5.74) is 0.293. The quantitative estimate of drug-likeness (QED) is 0.645. The standard InChI is InChI=1S/C11H24N2O3Si/c1-11(17(14-3,15-4)16-5)6-7-13-9-8-12(2)10-13/h8-9,11H,6-7,10H2,1-5H3. The first-order chi connectivity index (χ1) is 8.07. The Kier molecular flexibility index (Phi) is 5.45. The summed E-state index contributed by atoms with van der Waals surface area (Å²) in [6.45, 7) is 4.08. The third-order valence-corrected chi connectivity index (χ3v) is 6.45. The highest BCUT2D eigenvalue weighted by Crippen LogP contribution is 2.27. The third kappa shape index (κ3) is 3.45. The van der Waals surface area contributed by atoms with Gasteiger partial charge in [0, 0.05) is 52.9 Å². The Hall–Kier alpha value is -0.563. The molecule has 0 bridgehead atoms. The molecule has 1 atom stereocenters. The van der Waals surface area contributed by atoms with Gasteiger partial charge in [0.2, 0.25) is 0 Å². The molecule has 0 saturated carbocycles. The lowest BCUT2D eigenvalue weighted by Gasteiger charge is -2.31. The molecule has 6 heteroatoms. The van der Waals surface area contributed by atoms with Gasteiger partial charge in [-0.1, -0.05) is 6.92 Å². The molecule has 0 saturated heterocycles. The fraction of sp³-hybridized carbons (Fsp3) is 0.818. The predicted octanol–water partition coefficient (Wildman–Crippen LogP) is 1.32. The molecule has 1 aliphatic heterocycles. The summed E-state index contributed by atoms with van der Waals surface area (Å²) in [5.74, 6) is 0. The molecule has 0 aromatic carbocycles. The Morgan fingerprint density at radius 1 is 1.18 bits per heavy atom. The second kappa shape index (κ2) is 6.39. The van der Waals surface area contributed by atoms with Crippen molar-refractivity contribution in [2.24, 2.45) is 0 Å². The van der Waals surface area contributed by atoms with Crippen LogP contribution in [0.15, 0.2) is 12.4 Å². The number of rotatable bonds is 7. The first-order valence-electron chi connectivity index (χ1n) is 5.86. The molecule has 17 heavy (non-hydrogen) atoms. The zero-order chi connectivity index (χ0) is 12.9. The molecule has 0 fully saturated rings. The smallest absolute Gasteiger partial charge is 0.377 e. The molecule has 0 radical (unpaired) electrons. The topological polar surface area (TPSA) is 34.2 Å². The zero-order valence-electron chi connectivity index (χ0n) is 11.5. The molecule has 0 aliphatic carbocycles. The largest absolute Gasteiger partial charge is 0.503 e. The van der Waals surface area contributed by atoms with E-state index in [-0.39, 0.29) is 0 Å². The van der Waals surface area contributed by atoms with Gasteiger partial charge in [-0.25, -0.2) is 0 Å².